The SMILES string of the molecule is CCCCCCC(O)CCCCCCCCCCC(=O)[O-].CCCCCCC(O)CCCCCCCCCCC(=O)[O-].CCCCCCC(O)CCCCCCCCCCC(=O)[O-].O=C([O-])c1ccccc1.O=C([O-])c1ccccc1.O=C([O-])c1ccccc1.[Al+3].[Al+3]. The van der Waals surface area contributed by atoms with Crippen LogP contribution in [0.25, 0.3) is 0 Å². The number of carboxylic acids is 6. The fraction of sp³-hybridized carbons (Fsp3) is 0.680. The smallest absolute Gasteiger partial charge is 0.550 e. The van der Waals surface area contributed by atoms with E-state index in [2.05, 4.69) is 20.8 Å². The van der Waals surface area contributed by atoms with Crippen molar-refractivity contribution < 1.29 is 74.7 Å². The predicted molar refractivity (Wildman–Crippen MR) is 362 cm³/mol. The average molecular weight is 1320 g/mol. The quantitative estimate of drug-likeness (QED) is 0.0350. The van der Waals surface area contributed by atoms with Crippen LogP contribution in [-0.2, 0) is 14.4 Å². The van der Waals surface area contributed by atoms with Crippen molar-refractivity contribution in [1.82, 2.24) is 0 Å². The van der Waals surface area contributed by atoms with Crippen molar-refractivity contribution in [2.75, 3.05) is 0 Å². The van der Waals surface area contributed by atoms with Gasteiger partial charge in [0.25, 0.3) is 0 Å². The number of aliphatic hydroxyl groups excluding tert-OH is 3. The predicted octanol–water partition coefficient (Wildman–Crippen LogP) is 11.3. The van der Waals surface area contributed by atoms with Gasteiger partial charge in [0.05, 0.1) is 36.2 Å². The molecule has 0 aliphatic carbocycles. The van der Waals surface area contributed by atoms with Gasteiger partial charge in [-0.1, -0.05) is 324 Å². The number of rotatable bonds is 51. The molecule has 3 aromatic carbocycles. The van der Waals surface area contributed by atoms with Crippen molar-refractivity contribution >= 4 is 70.5 Å². The Balaban J connectivity index is -0.000000339. The molecule has 3 aromatic rings. The van der Waals surface area contributed by atoms with Gasteiger partial charge < -0.3 is 74.7 Å². The fourth-order valence-corrected chi connectivity index (χ4v) is 9.71. The molecule has 3 rings (SSSR count). The molecule has 0 spiro atoms. The number of unbranched alkanes of at least 4 members (excludes halogenated alkanes) is 30. The van der Waals surface area contributed by atoms with E-state index in [9.17, 15) is 74.7 Å². The Bertz CT molecular complexity index is 1830. The molecule has 15 nitrogen and oxygen atoms in total. The van der Waals surface area contributed by atoms with Crippen molar-refractivity contribution in [2.45, 2.75) is 328 Å². The molecule has 3 N–H and O–H groups in total. The summed E-state index contributed by atoms with van der Waals surface area (Å²) in [5, 5.41) is 90.5. The molecule has 92 heavy (non-hydrogen) atoms. The summed E-state index contributed by atoms with van der Waals surface area (Å²) in [6.45, 7) is 6.62. The van der Waals surface area contributed by atoms with Gasteiger partial charge in [0.1, 0.15) is 0 Å². The molecule has 3 unspecified atom stereocenters. The molecule has 0 saturated carbocycles. The Morgan fingerprint density at radius 1 is 0.261 bits per heavy atom. The standard InChI is InChI=1S/3C18H36O3.3C7H6O2.2Al/c3*1-2-3-4-11-14-17(19)15-12-9-7-5-6-8-10-13-16-18(20)21;3*8-7(9)6-4-2-1-3-5-6;;/h3*17,19H,2-16H2,1H3,(H,20,21);3*1-5H,(H,8,9);;/q;;;;;;2*+3/p-6. The maximum Gasteiger partial charge on any atom is 3.00 e. The Kier molecular flexibility index (Phi) is 78.8. The second kappa shape index (κ2) is 75.5. The summed E-state index contributed by atoms with van der Waals surface area (Å²) in [5.74, 6) is -6.17. The molecule has 0 radical (unpaired) electrons. The number of hydrogen-bond donors (Lipinski definition) is 3. The minimum atomic E-state index is -1.13. The van der Waals surface area contributed by atoms with E-state index >= 15 is 0 Å². The van der Waals surface area contributed by atoms with Crippen molar-refractivity contribution in [2.24, 2.45) is 0 Å². The van der Waals surface area contributed by atoms with Crippen molar-refractivity contribution in [3.05, 3.63) is 108 Å². The van der Waals surface area contributed by atoms with Crippen LogP contribution in [0.4, 0.5) is 0 Å². The maximum absolute atomic E-state index is 10.2. The van der Waals surface area contributed by atoms with Gasteiger partial charge in [-0.2, -0.15) is 0 Å². The molecule has 0 aliphatic heterocycles. The van der Waals surface area contributed by atoms with Crippen molar-refractivity contribution in [1.29, 1.82) is 0 Å². The summed E-state index contributed by atoms with van der Waals surface area (Å²) in [4.78, 5) is 61.0. The van der Waals surface area contributed by atoms with E-state index in [1.807, 2.05) is 0 Å². The minimum absolute atomic E-state index is 0. The second-order valence-corrected chi connectivity index (χ2v) is 23.7. The van der Waals surface area contributed by atoms with E-state index < -0.39 is 35.8 Å². The number of benzene rings is 3. The molecular weight excluding hydrogens is 1190 g/mol. The van der Waals surface area contributed by atoms with Crippen LogP contribution in [0, 0.1) is 0 Å². The van der Waals surface area contributed by atoms with Gasteiger partial charge in [-0.25, -0.2) is 0 Å². The number of carboxylic acid groups (broad SMARTS) is 6. The molecule has 0 heterocycles. The van der Waals surface area contributed by atoms with Gasteiger partial charge >= 0.3 is 34.7 Å². The van der Waals surface area contributed by atoms with Crippen LogP contribution in [0.3, 0.4) is 0 Å². The number of aliphatic hydroxyl groups is 3. The van der Waals surface area contributed by atoms with Gasteiger partial charge in [-0.15, -0.1) is 0 Å². The zero-order valence-electron chi connectivity index (χ0n) is 57.1. The minimum Gasteiger partial charge on any atom is -0.550 e. The summed E-state index contributed by atoms with van der Waals surface area (Å²) in [6, 6.07) is 24.2. The first-order chi connectivity index (χ1) is 43.4. The van der Waals surface area contributed by atoms with Gasteiger partial charge in [-0.05, 0) is 93.7 Å². The topological polar surface area (TPSA) is 301 Å². The van der Waals surface area contributed by atoms with Gasteiger partial charge in [0, 0.05) is 17.9 Å². The van der Waals surface area contributed by atoms with Crippen LogP contribution in [0.2, 0.25) is 0 Å². The first-order valence-electron chi connectivity index (χ1n) is 34.8. The summed E-state index contributed by atoms with van der Waals surface area (Å²) < 4.78 is 0. The van der Waals surface area contributed by atoms with Crippen LogP contribution in [0.5, 0.6) is 0 Å². The van der Waals surface area contributed by atoms with Gasteiger partial charge in [0.15, 0.2) is 0 Å². The maximum atomic E-state index is 10.2. The second-order valence-electron chi connectivity index (χ2n) is 23.7. The number of carbonyl (C=O) groups excluding carboxylic acids is 6. The molecule has 0 fully saturated rings. The largest absolute Gasteiger partial charge is 3.00 e. The van der Waals surface area contributed by atoms with E-state index in [4.69, 9.17) is 0 Å². The Hall–Kier alpha value is -4.58. The number of carbonyl (C=O) groups is 6. The average Bonchev–Trinajstić information content (AvgIpc) is 3.55. The molecule has 516 valence electrons. The summed E-state index contributed by atoms with van der Waals surface area (Å²) in [5.41, 5.74) is 0.660. The molecule has 0 aromatic heterocycles. The van der Waals surface area contributed by atoms with E-state index in [1.165, 1.54) is 190 Å². The normalized spacial score (nSPS) is 11.2. The number of aromatic carboxylic acids is 3. The molecule has 0 saturated heterocycles. The Labute approximate surface area is 577 Å². The first-order valence-corrected chi connectivity index (χ1v) is 34.8. The summed E-state index contributed by atoms with van der Waals surface area (Å²) >= 11 is 0. The van der Waals surface area contributed by atoms with Crippen LogP contribution >= 0.6 is 0 Å². The Morgan fingerprint density at radius 3 is 0.554 bits per heavy atom. The van der Waals surface area contributed by atoms with Crippen molar-refractivity contribution in [3.8, 4) is 0 Å². The fourth-order valence-electron chi connectivity index (χ4n) is 9.71. The molecule has 3 atom stereocenters. The molecule has 17 heteroatoms. The number of aliphatic carboxylic acids is 3. The third kappa shape index (κ3) is 77.9. The van der Waals surface area contributed by atoms with Crippen LogP contribution in [0.1, 0.15) is 341 Å². The number of hydrogen-bond acceptors (Lipinski definition) is 15. The molecular formula is C75H120Al2O15. The van der Waals surface area contributed by atoms with Crippen LogP contribution < -0.4 is 30.6 Å². The molecule has 0 bridgehead atoms. The van der Waals surface area contributed by atoms with Crippen LogP contribution in [-0.4, -0.2) is 104 Å². The van der Waals surface area contributed by atoms with Gasteiger partial charge in [0.2, 0.25) is 0 Å². The molecule has 0 amide bonds. The van der Waals surface area contributed by atoms with E-state index in [0.29, 0.717) is 0 Å². The zero-order valence-corrected chi connectivity index (χ0v) is 59.4. The summed E-state index contributed by atoms with van der Waals surface area (Å²) in [7, 11) is 0. The third-order valence-electron chi connectivity index (χ3n) is 15.2. The van der Waals surface area contributed by atoms with Crippen molar-refractivity contribution in [3.63, 3.8) is 0 Å². The van der Waals surface area contributed by atoms with E-state index in [0.717, 1.165) is 116 Å². The summed E-state index contributed by atoms with van der Waals surface area (Å²) in [6.07, 6.45) is 47.8. The first kappa shape index (κ1) is 96.1. The van der Waals surface area contributed by atoms with E-state index in [1.54, 1.807) is 54.6 Å². The third-order valence-corrected chi connectivity index (χ3v) is 15.2. The monoisotopic (exact) mass is 1310 g/mol. The molecule has 0 aliphatic rings. The van der Waals surface area contributed by atoms with Crippen LogP contribution in [0.15, 0.2) is 91.0 Å². The van der Waals surface area contributed by atoms with E-state index in [-0.39, 0.29) is 89.0 Å². The Morgan fingerprint density at radius 2 is 0.413 bits per heavy atom. The van der Waals surface area contributed by atoms with Gasteiger partial charge in [-0.3, -0.25) is 0 Å². The zero-order chi connectivity index (χ0) is 67.4.